The number of rotatable bonds is 6. The zero-order chi connectivity index (χ0) is 40.7. The van der Waals surface area contributed by atoms with Gasteiger partial charge in [0, 0.05) is 66.5 Å². The van der Waals surface area contributed by atoms with Crippen molar-refractivity contribution in [3.63, 3.8) is 0 Å². The zero-order valence-corrected chi connectivity index (χ0v) is 33.8. The van der Waals surface area contributed by atoms with Crippen LogP contribution in [0.5, 0.6) is 0 Å². The van der Waals surface area contributed by atoms with E-state index in [1.54, 1.807) is 0 Å². The summed E-state index contributed by atoms with van der Waals surface area (Å²) < 4.78 is 11.8. The van der Waals surface area contributed by atoms with Gasteiger partial charge >= 0.3 is 0 Å². The molecule has 13 rings (SSSR count). The van der Waals surface area contributed by atoms with Crippen molar-refractivity contribution in [3.05, 3.63) is 229 Å². The van der Waals surface area contributed by atoms with Crippen molar-refractivity contribution < 1.29 is 4.42 Å². The highest BCUT2D eigenvalue weighted by molar-refractivity contribution is 6.11. The van der Waals surface area contributed by atoms with Gasteiger partial charge in [-0.2, -0.15) is 0 Å². The first kappa shape index (κ1) is 34.8. The summed E-state index contributed by atoms with van der Waals surface area (Å²) in [5, 5.41) is 8.52. The average Bonchev–Trinajstić information content (AvgIpc) is 4.01. The summed E-state index contributed by atoms with van der Waals surface area (Å²) in [6, 6.07) is 74.8. The zero-order valence-electron chi connectivity index (χ0n) is 33.8. The lowest BCUT2D eigenvalue weighted by molar-refractivity contribution is 0.519. The molecule has 1 aliphatic carbocycles. The summed E-state index contributed by atoms with van der Waals surface area (Å²) in [6.07, 6.45) is 5.42. The highest BCUT2D eigenvalue weighted by Crippen LogP contribution is 2.48. The van der Waals surface area contributed by atoms with Crippen LogP contribution in [0.25, 0.3) is 82.8 Å². The van der Waals surface area contributed by atoms with Crippen LogP contribution in [-0.4, -0.2) is 9.13 Å². The van der Waals surface area contributed by atoms with Crippen LogP contribution in [0.1, 0.15) is 29.2 Å². The maximum Gasteiger partial charge on any atom is 0.142 e. The van der Waals surface area contributed by atoms with Gasteiger partial charge in [-0.1, -0.05) is 133 Å². The summed E-state index contributed by atoms with van der Waals surface area (Å²) in [7, 11) is 0. The minimum atomic E-state index is 0.0219. The molecule has 0 N–H and O–H groups in total. The van der Waals surface area contributed by atoms with Crippen molar-refractivity contribution >= 4 is 88.5 Å². The quantitative estimate of drug-likeness (QED) is 0.168. The molecule has 0 radical (unpaired) electrons. The summed E-state index contributed by atoms with van der Waals surface area (Å²) >= 11 is 0. The maximum absolute atomic E-state index is 7.00. The van der Waals surface area contributed by atoms with Gasteiger partial charge in [0.05, 0.1) is 27.8 Å². The number of aromatic nitrogens is 2. The molecule has 4 nitrogen and oxygen atoms in total. The predicted molar refractivity (Wildman–Crippen MR) is 259 cm³/mol. The Hall–Kier alpha value is -8.08. The fourth-order valence-electron chi connectivity index (χ4n) is 10.3. The molecule has 1 unspecified atom stereocenters. The van der Waals surface area contributed by atoms with Crippen LogP contribution in [-0.2, 0) is 0 Å². The molecule has 292 valence electrons. The minimum absolute atomic E-state index is 0.0219. The van der Waals surface area contributed by atoms with Gasteiger partial charge in [-0.05, 0) is 102 Å². The number of hydrogen-bond acceptors (Lipinski definition) is 2. The second-order valence-corrected chi connectivity index (χ2v) is 16.4. The van der Waals surface area contributed by atoms with E-state index in [1.165, 1.54) is 60.1 Å². The lowest BCUT2D eigenvalue weighted by Crippen LogP contribution is -2.15. The number of para-hydroxylation sites is 5. The molecule has 0 amide bonds. The van der Waals surface area contributed by atoms with Crippen molar-refractivity contribution in [2.75, 3.05) is 4.90 Å². The second kappa shape index (κ2) is 13.7. The van der Waals surface area contributed by atoms with Crippen molar-refractivity contribution in [3.8, 4) is 11.4 Å². The van der Waals surface area contributed by atoms with Crippen LogP contribution in [0.15, 0.2) is 217 Å². The lowest BCUT2D eigenvalue weighted by Gasteiger charge is -2.30. The third-order valence-corrected chi connectivity index (χ3v) is 13.1. The van der Waals surface area contributed by atoms with E-state index in [9.17, 15) is 0 Å². The first-order valence-electron chi connectivity index (χ1n) is 21.5. The van der Waals surface area contributed by atoms with Crippen LogP contribution >= 0.6 is 0 Å². The van der Waals surface area contributed by atoms with Gasteiger partial charge in [-0.3, -0.25) is 0 Å². The first-order chi connectivity index (χ1) is 30.8. The minimum Gasteiger partial charge on any atom is -0.459 e. The SMILES string of the molecule is C1=Cc2c(oc3c2ccc2ccccc23)C(c2ccccc2N(c2ccc(-n3c4ccccc4c4ccccc43)cc2)c2ccc(-n3c4ccccc4c4ccccc43)cc2)C1. The van der Waals surface area contributed by atoms with E-state index >= 15 is 0 Å². The highest BCUT2D eigenvalue weighted by atomic mass is 16.3. The molecule has 3 aromatic heterocycles. The first-order valence-corrected chi connectivity index (χ1v) is 21.5. The van der Waals surface area contributed by atoms with E-state index in [0.717, 1.165) is 57.0 Å². The van der Waals surface area contributed by atoms with E-state index < -0.39 is 0 Å². The van der Waals surface area contributed by atoms with Crippen LogP contribution < -0.4 is 4.90 Å². The molecular weight excluding hydrogens is 755 g/mol. The van der Waals surface area contributed by atoms with E-state index in [1.807, 2.05) is 0 Å². The Labute approximate surface area is 358 Å². The summed E-state index contributed by atoms with van der Waals surface area (Å²) in [5.41, 5.74) is 13.7. The fourth-order valence-corrected chi connectivity index (χ4v) is 10.3. The largest absolute Gasteiger partial charge is 0.459 e. The molecular formula is C58H39N3O. The summed E-state index contributed by atoms with van der Waals surface area (Å²) in [4.78, 5) is 2.43. The second-order valence-electron chi connectivity index (χ2n) is 16.4. The van der Waals surface area contributed by atoms with Gasteiger partial charge < -0.3 is 18.5 Å². The molecule has 62 heavy (non-hydrogen) atoms. The fraction of sp³-hybridized carbons (Fsp3) is 0.0345. The molecule has 0 spiro atoms. The number of anilines is 3. The molecule has 3 heterocycles. The molecule has 1 atom stereocenters. The number of furan rings is 1. The van der Waals surface area contributed by atoms with Gasteiger partial charge in [0.15, 0.2) is 0 Å². The van der Waals surface area contributed by atoms with Crippen LogP contribution in [0.3, 0.4) is 0 Å². The van der Waals surface area contributed by atoms with E-state index in [2.05, 4.69) is 232 Å². The number of hydrogen-bond donors (Lipinski definition) is 0. The van der Waals surface area contributed by atoms with Gasteiger partial charge in [0.1, 0.15) is 11.3 Å². The van der Waals surface area contributed by atoms with Crippen LogP contribution in [0.4, 0.5) is 17.1 Å². The van der Waals surface area contributed by atoms with E-state index in [0.29, 0.717) is 0 Å². The van der Waals surface area contributed by atoms with Crippen molar-refractivity contribution in [2.24, 2.45) is 0 Å². The summed E-state index contributed by atoms with van der Waals surface area (Å²) in [6.45, 7) is 0. The Morgan fingerprint density at radius 2 is 0.887 bits per heavy atom. The standard InChI is InChI=1S/C58H39N3O/c1-2-15-43-38(14-1)28-37-51-50-22-13-21-49(58(50)62-57(43)51)48-20-7-8-23-52(48)59(39-29-33-41(34-30-39)60-53-24-9-3-16-44(53)45-17-4-10-25-54(45)60)40-31-35-42(36-32-40)61-55-26-11-5-18-46(55)47-19-6-12-27-56(47)61/h1-20,22-37,49H,21H2. The Balaban J connectivity index is 0.983. The molecule has 9 aromatic carbocycles. The van der Waals surface area contributed by atoms with Crippen molar-refractivity contribution in [2.45, 2.75) is 12.3 Å². The molecule has 4 heteroatoms. The van der Waals surface area contributed by atoms with Crippen molar-refractivity contribution in [1.82, 2.24) is 9.13 Å². The Morgan fingerprint density at radius 1 is 0.419 bits per heavy atom. The van der Waals surface area contributed by atoms with Gasteiger partial charge in [-0.15, -0.1) is 0 Å². The molecule has 0 saturated carbocycles. The average molecular weight is 794 g/mol. The predicted octanol–water partition coefficient (Wildman–Crippen LogP) is 15.8. The Kier molecular flexibility index (Phi) is 7.70. The number of fused-ring (bicyclic) bond motifs is 11. The third-order valence-electron chi connectivity index (χ3n) is 13.1. The molecule has 0 saturated heterocycles. The van der Waals surface area contributed by atoms with Crippen molar-refractivity contribution in [1.29, 1.82) is 0 Å². The number of allylic oxidation sites excluding steroid dienone is 1. The Morgan fingerprint density at radius 3 is 1.44 bits per heavy atom. The number of benzene rings is 9. The normalized spacial score (nSPS) is 13.8. The smallest absolute Gasteiger partial charge is 0.142 e. The summed E-state index contributed by atoms with van der Waals surface area (Å²) in [5.74, 6) is 1.04. The molecule has 12 aromatic rings. The van der Waals surface area contributed by atoms with Gasteiger partial charge in [0.2, 0.25) is 0 Å². The molecule has 0 bridgehead atoms. The van der Waals surface area contributed by atoms with E-state index in [-0.39, 0.29) is 5.92 Å². The topological polar surface area (TPSA) is 26.2 Å². The lowest BCUT2D eigenvalue weighted by atomic mass is 9.85. The third kappa shape index (κ3) is 5.20. The van der Waals surface area contributed by atoms with Gasteiger partial charge in [0.25, 0.3) is 0 Å². The molecule has 0 fully saturated rings. The number of nitrogens with zero attached hydrogens (tertiary/aromatic N) is 3. The Bertz CT molecular complexity index is 3470. The molecule has 1 aliphatic rings. The highest BCUT2D eigenvalue weighted by Gasteiger charge is 2.30. The monoisotopic (exact) mass is 793 g/mol. The molecule has 0 aliphatic heterocycles. The maximum atomic E-state index is 7.00. The van der Waals surface area contributed by atoms with Crippen LogP contribution in [0, 0.1) is 0 Å². The van der Waals surface area contributed by atoms with E-state index in [4.69, 9.17) is 4.42 Å². The van der Waals surface area contributed by atoms with Gasteiger partial charge in [-0.25, -0.2) is 0 Å². The van der Waals surface area contributed by atoms with Crippen LogP contribution in [0.2, 0.25) is 0 Å².